The van der Waals surface area contributed by atoms with E-state index in [0.29, 0.717) is 18.1 Å². The number of nitrogens with one attached hydrogen (secondary N) is 1. The van der Waals surface area contributed by atoms with Crippen LogP contribution in [0.1, 0.15) is 17.1 Å². The largest absolute Gasteiger partial charge is 0.360 e. The minimum absolute atomic E-state index is 0.0782. The summed E-state index contributed by atoms with van der Waals surface area (Å²) in [4.78, 5) is 18.8. The fourth-order valence-corrected chi connectivity index (χ4v) is 2.33. The molecule has 0 saturated heterocycles. The molecular formula is C13H13BrN4O2. The van der Waals surface area contributed by atoms with Gasteiger partial charge < -0.3 is 5.32 Å². The minimum atomic E-state index is -0.460. The van der Waals surface area contributed by atoms with Gasteiger partial charge in [-0.05, 0) is 31.5 Å². The molecule has 2 aromatic rings. The van der Waals surface area contributed by atoms with Crippen LogP contribution >= 0.6 is 15.9 Å². The summed E-state index contributed by atoms with van der Waals surface area (Å²) in [5.74, 6) is 0.754. The van der Waals surface area contributed by atoms with Gasteiger partial charge in [0.15, 0.2) is 0 Å². The average molecular weight is 337 g/mol. The standard InChI is InChI=1S/C13H13BrN4O2/c1-8-12(18(19)20)13(17-9(2)16-8)15-7-10-4-3-5-11(14)6-10/h3-6H,7H2,1-2H3,(H,15,16,17). The van der Waals surface area contributed by atoms with Crippen molar-refractivity contribution in [3.63, 3.8) is 0 Å². The highest BCUT2D eigenvalue weighted by Crippen LogP contribution is 2.25. The molecule has 1 N–H and O–H groups in total. The highest BCUT2D eigenvalue weighted by molar-refractivity contribution is 9.10. The van der Waals surface area contributed by atoms with E-state index < -0.39 is 4.92 Å². The van der Waals surface area contributed by atoms with Gasteiger partial charge in [0.05, 0.1) is 4.92 Å². The number of aromatic nitrogens is 2. The number of aryl methyl sites for hydroxylation is 2. The SMILES string of the molecule is Cc1nc(C)c([N+](=O)[O-])c(NCc2cccc(Br)c2)n1. The molecule has 0 fully saturated rings. The normalized spacial score (nSPS) is 10.3. The van der Waals surface area contributed by atoms with Crippen LogP contribution in [0.4, 0.5) is 11.5 Å². The first-order valence-corrected chi connectivity index (χ1v) is 6.74. The van der Waals surface area contributed by atoms with E-state index in [-0.39, 0.29) is 11.5 Å². The molecule has 0 spiro atoms. The number of halogens is 1. The molecule has 7 heteroatoms. The fraction of sp³-hybridized carbons (Fsp3) is 0.231. The van der Waals surface area contributed by atoms with Gasteiger partial charge in [0.25, 0.3) is 0 Å². The Morgan fingerprint density at radius 1 is 1.35 bits per heavy atom. The van der Waals surface area contributed by atoms with Gasteiger partial charge in [-0.2, -0.15) is 0 Å². The molecule has 6 nitrogen and oxygen atoms in total. The highest BCUT2D eigenvalue weighted by atomic mass is 79.9. The van der Waals surface area contributed by atoms with Crippen molar-refractivity contribution in [2.45, 2.75) is 20.4 Å². The van der Waals surface area contributed by atoms with Crippen molar-refractivity contribution in [2.24, 2.45) is 0 Å². The Morgan fingerprint density at radius 3 is 2.75 bits per heavy atom. The van der Waals surface area contributed by atoms with Crippen LogP contribution in [-0.2, 0) is 6.54 Å². The van der Waals surface area contributed by atoms with Crippen molar-refractivity contribution in [1.82, 2.24) is 9.97 Å². The van der Waals surface area contributed by atoms with Crippen molar-refractivity contribution >= 4 is 27.4 Å². The summed E-state index contributed by atoms with van der Waals surface area (Å²) < 4.78 is 0.960. The Labute approximate surface area is 124 Å². The van der Waals surface area contributed by atoms with Gasteiger partial charge in [-0.3, -0.25) is 10.1 Å². The maximum Gasteiger partial charge on any atom is 0.332 e. The van der Waals surface area contributed by atoms with E-state index >= 15 is 0 Å². The number of nitro groups is 1. The van der Waals surface area contributed by atoms with Crippen molar-refractivity contribution in [1.29, 1.82) is 0 Å². The van der Waals surface area contributed by atoms with Gasteiger partial charge in [0.2, 0.25) is 5.82 Å². The smallest absolute Gasteiger partial charge is 0.332 e. The molecule has 20 heavy (non-hydrogen) atoms. The van der Waals surface area contributed by atoms with Crippen LogP contribution in [0.3, 0.4) is 0 Å². The van der Waals surface area contributed by atoms with Crippen molar-refractivity contribution in [2.75, 3.05) is 5.32 Å². The number of nitrogens with zero attached hydrogens (tertiary/aromatic N) is 3. The second kappa shape index (κ2) is 5.96. The number of hydrogen-bond donors (Lipinski definition) is 1. The molecule has 0 amide bonds. The molecular weight excluding hydrogens is 324 g/mol. The lowest BCUT2D eigenvalue weighted by Gasteiger charge is -2.08. The Hall–Kier alpha value is -2.02. The van der Waals surface area contributed by atoms with E-state index in [0.717, 1.165) is 10.0 Å². The average Bonchev–Trinajstić information content (AvgIpc) is 2.35. The van der Waals surface area contributed by atoms with E-state index in [1.54, 1.807) is 13.8 Å². The van der Waals surface area contributed by atoms with Gasteiger partial charge in [0.1, 0.15) is 11.5 Å². The molecule has 0 saturated carbocycles. The lowest BCUT2D eigenvalue weighted by molar-refractivity contribution is -0.385. The monoisotopic (exact) mass is 336 g/mol. The molecule has 1 aromatic heterocycles. The van der Waals surface area contributed by atoms with Crippen LogP contribution in [0, 0.1) is 24.0 Å². The van der Waals surface area contributed by atoms with E-state index in [1.807, 2.05) is 24.3 Å². The molecule has 0 atom stereocenters. The fourth-order valence-electron chi connectivity index (χ4n) is 1.88. The second-order valence-electron chi connectivity index (χ2n) is 4.29. The molecule has 0 unspecified atom stereocenters. The molecule has 1 aromatic carbocycles. The molecule has 0 aliphatic rings. The van der Waals surface area contributed by atoms with Gasteiger partial charge in [-0.15, -0.1) is 0 Å². The zero-order valence-corrected chi connectivity index (χ0v) is 12.6. The maximum atomic E-state index is 11.1. The molecule has 104 valence electrons. The van der Waals surface area contributed by atoms with Crippen molar-refractivity contribution < 1.29 is 4.92 Å². The first kappa shape index (κ1) is 14.4. The third kappa shape index (κ3) is 3.30. The summed E-state index contributed by atoms with van der Waals surface area (Å²) in [6.45, 7) is 3.77. The van der Waals surface area contributed by atoms with Crippen molar-refractivity contribution in [3.05, 3.63) is 55.9 Å². The third-order valence-corrected chi connectivity index (χ3v) is 3.19. The zero-order chi connectivity index (χ0) is 14.7. The van der Waals surface area contributed by atoms with Crippen LogP contribution in [0.2, 0.25) is 0 Å². The summed E-state index contributed by atoms with van der Waals surface area (Å²) in [6, 6.07) is 7.71. The van der Waals surface area contributed by atoms with Crippen LogP contribution in [-0.4, -0.2) is 14.9 Å². The summed E-state index contributed by atoms with van der Waals surface area (Å²) >= 11 is 3.39. The quantitative estimate of drug-likeness (QED) is 0.683. The summed E-state index contributed by atoms with van der Waals surface area (Å²) in [5.41, 5.74) is 1.28. The van der Waals surface area contributed by atoms with Crippen LogP contribution in [0.25, 0.3) is 0 Å². The van der Waals surface area contributed by atoms with Crippen LogP contribution < -0.4 is 5.32 Å². The molecule has 0 radical (unpaired) electrons. The number of benzene rings is 1. The van der Waals surface area contributed by atoms with E-state index in [9.17, 15) is 10.1 Å². The summed E-state index contributed by atoms with van der Waals surface area (Å²) in [6.07, 6.45) is 0. The zero-order valence-electron chi connectivity index (χ0n) is 11.1. The first-order chi connectivity index (χ1) is 9.47. The maximum absolute atomic E-state index is 11.1. The van der Waals surface area contributed by atoms with E-state index in [1.165, 1.54) is 0 Å². The minimum Gasteiger partial charge on any atom is -0.360 e. The Morgan fingerprint density at radius 2 is 2.10 bits per heavy atom. The molecule has 0 aliphatic carbocycles. The molecule has 0 aliphatic heterocycles. The molecule has 1 heterocycles. The summed E-state index contributed by atoms with van der Waals surface area (Å²) in [5, 5.41) is 14.1. The highest BCUT2D eigenvalue weighted by Gasteiger charge is 2.20. The van der Waals surface area contributed by atoms with E-state index in [4.69, 9.17) is 0 Å². The predicted octanol–water partition coefficient (Wildman–Crippen LogP) is 3.38. The van der Waals surface area contributed by atoms with E-state index in [2.05, 4.69) is 31.2 Å². The van der Waals surface area contributed by atoms with Crippen LogP contribution in [0.5, 0.6) is 0 Å². The predicted molar refractivity (Wildman–Crippen MR) is 79.6 cm³/mol. The lowest BCUT2D eigenvalue weighted by atomic mass is 10.2. The number of anilines is 1. The number of hydrogen-bond acceptors (Lipinski definition) is 5. The number of rotatable bonds is 4. The van der Waals surface area contributed by atoms with Crippen molar-refractivity contribution in [3.8, 4) is 0 Å². The Kier molecular flexibility index (Phi) is 4.29. The van der Waals surface area contributed by atoms with Gasteiger partial charge in [-0.25, -0.2) is 9.97 Å². The van der Waals surface area contributed by atoms with Gasteiger partial charge >= 0.3 is 5.69 Å². The topological polar surface area (TPSA) is 81.0 Å². The third-order valence-electron chi connectivity index (χ3n) is 2.70. The van der Waals surface area contributed by atoms with Crippen LogP contribution in [0.15, 0.2) is 28.7 Å². The lowest BCUT2D eigenvalue weighted by Crippen LogP contribution is -2.08. The molecule has 2 rings (SSSR count). The Balaban J connectivity index is 2.27. The van der Waals surface area contributed by atoms with Gasteiger partial charge in [0, 0.05) is 11.0 Å². The summed E-state index contributed by atoms with van der Waals surface area (Å²) in [7, 11) is 0. The van der Waals surface area contributed by atoms with Gasteiger partial charge in [-0.1, -0.05) is 28.1 Å². The first-order valence-electron chi connectivity index (χ1n) is 5.95. The Bertz CT molecular complexity index is 661. The second-order valence-corrected chi connectivity index (χ2v) is 5.21. The molecule has 0 bridgehead atoms.